The summed E-state index contributed by atoms with van der Waals surface area (Å²) in [5.74, 6) is 0.543. The minimum Gasteiger partial charge on any atom is -0.461 e. The molecule has 1 aliphatic heterocycles. The maximum absolute atomic E-state index is 5.90. The quantitative estimate of drug-likeness (QED) is 0.832. The van der Waals surface area contributed by atoms with Gasteiger partial charge in [-0.3, -0.25) is 0 Å². The van der Waals surface area contributed by atoms with E-state index in [0.717, 1.165) is 6.54 Å². The lowest BCUT2D eigenvalue weighted by molar-refractivity contribution is 0.0978. The topological polar surface area (TPSA) is 60.4 Å². The molecule has 0 bridgehead atoms. The first-order valence-electron chi connectivity index (χ1n) is 5.99. The predicted molar refractivity (Wildman–Crippen MR) is 68.2 cm³/mol. The van der Waals surface area contributed by atoms with Gasteiger partial charge >= 0.3 is 6.01 Å². The first-order chi connectivity index (χ1) is 8.56. The van der Waals surface area contributed by atoms with E-state index in [-0.39, 0.29) is 23.4 Å². The Bertz CT molecular complexity index is 416. The third-order valence-corrected chi connectivity index (χ3v) is 2.71. The van der Waals surface area contributed by atoms with Crippen molar-refractivity contribution in [2.45, 2.75) is 32.9 Å². The summed E-state index contributed by atoms with van der Waals surface area (Å²) in [7, 11) is 0. The van der Waals surface area contributed by atoms with Crippen molar-refractivity contribution in [3.05, 3.63) is 5.28 Å². The highest BCUT2D eigenvalue weighted by Gasteiger charge is 2.23. The highest BCUT2D eigenvalue weighted by Crippen LogP contribution is 2.19. The predicted octanol–water partition coefficient (Wildman–Crippen LogP) is 1.54. The molecular formula is C11H17ClN4O2. The van der Waals surface area contributed by atoms with Gasteiger partial charge in [-0.2, -0.15) is 15.0 Å². The number of morpholine rings is 1. The van der Waals surface area contributed by atoms with Crippen LogP contribution in [0.5, 0.6) is 6.01 Å². The molecule has 0 unspecified atom stereocenters. The number of anilines is 1. The average molecular weight is 273 g/mol. The Hall–Kier alpha value is -1.14. The van der Waals surface area contributed by atoms with Gasteiger partial charge in [-0.05, 0) is 32.4 Å². The van der Waals surface area contributed by atoms with Crippen LogP contribution in [0.25, 0.3) is 0 Å². The summed E-state index contributed by atoms with van der Waals surface area (Å²) in [4.78, 5) is 14.4. The lowest BCUT2D eigenvalue weighted by atomic mass is 10.3. The molecule has 1 aromatic heterocycles. The molecule has 1 aromatic rings. The van der Waals surface area contributed by atoms with Crippen LogP contribution >= 0.6 is 11.6 Å². The van der Waals surface area contributed by atoms with E-state index in [9.17, 15) is 0 Å². The summed E-state index contributed by atoms with van der Waals surface area (Å²) < 4.78 is 10.8. The van der Waals surface area contributed by atoms with E-state index in [4.69, 9.17) is 21.1 Å². The van der Waals surface area contributed by atoms with Crippen LogP contribution in [-0.2, 0) is 4.74 Å². The SMILES string of the molecule is CC(C)Oc1nc(Cl)nc(N2CCOC[C@H]2C)n1. The van der Waals surface area contributed by atoms with E-state index in [1.54, 1.807) is 0 Å². The molecule has 1 fully saturated rings. The fourth-order valence-electron chi connectivity index (χ4n) is 1.74. The molecule has 2 heterocycles. The van der Waals surface area contributed by atoms with Crippen LogP contribution in [0.3, 0.4) is 0 Å². The molecule has 0 amide bonds. The molecule has 6 nitrogen and oxygen atoms in total. The number of ether oxygens (including phenoxy) is 2. The van der Waals surface area contributed by atoms with Crippen LogP contribution in [0.2, 0.25) is 5.28 Å². The highest BCUT2D eigenvalue weighted by atomic mass is 35.5. The van der Waals surface area contributed by atoms with E-state index in [2.05, 4.69) is 21.9 Å². The van der Waals surface area contributed by atoms with Crippen LogP contribution in [0.1, 0.15) is 20.8 Å². The zero-order valence-electron chi connectivity index (χ0n) is 10.8. The minimum atomic E-state index is -0.00145. The van der Waals surface area contributed by atoms with Crippen molar-refractivity contribution in [3.8, 4) is 6.01 Å². The second-order valence-corrected chi connectivity index (χ2v) is 4.81. The zero-order chi connectivity index (χ0) is 13.1. The van der Waals surface area contributed by atoms with Crippen LogP contribution < -0.4 is 9.64 Å². The van der Waals surface area contributed by atoms with Gasteiger partial charge in [-0.1, -0.05) is 0 Å². The minimum absolute atomic E-state index is 0.00145. The Balaban J connectivity index is 2.23. The van der Waals surface area contributed by atoms with E-state index in [0.29, 0.717) is 19.2 Å². The van der Waals surface area contributed by atoms with Gasteiger partial charge < -0.3 is 14.4 Å². The second kappa shape index (κ2) is 5.67. The fraction of sp³-hybridized carbons (Fsp3) is 0.727. The van der Waals surface area contributed by atoms with Crippen molar-refractivity contribution < 1.29 is 9.47 Å². The molecule has 1 aliphatic rings. The van der Waals surface area contributed by atoms with Crippen molar-refractivity contribution >= 4 is 17.5 Å². The first-order valence-corrected chi connectivity index (χ1v) is 6.36. The number of halogens is 1. The Morgan fingerprint density at radius 1 is 1.39 bits per heavy atom. The van der Waals surface area contributed by atoms with Crippen LogP contribution in [0, 0.1) is 0 Å². The van der Waals surface area contributed by atoms with Crippen molar-refractivity contribution in [1.82, 2.24) is 15.0 Å². The molecule has 0 radical (unpaired) electrons. The highest BCUT2D eigenvalue weighted by molar-refractivity contribution is 6.28. The number of rotatable bonds is 3. The van der Waals surface area contributed by atoms with Crippen molar-refractivity contribution in [1.29, 1.82) is 0 Å². The smallest absolute Gasteiger partial charge is 0.322 e. The van der Waals surface area contributed by atoms with Gasteiger partial charge in [-0.25, -0.2) is 0 Å². The molecule has 100 valence electrons. The molecule has 1 atom stereocenters. The molecule has 1 saturated heterocycles. The van der Waals surface area contributed by atoms with Gasteiger partial charge in [0.05, 0.1) is 25.4 Å². The second-order valence-electron chi connectivity index (χ2n) is 4.47. The standard InChI is InChI=1S/C11H17ClN4O2/c1-7(2)18-11-14-9(12)13-10(15-11)16-4-5-17-6-8(16)3/h7-8H,4-6H2,1-3H3/t8-/m1/s1. The Morgan fingerprint density at radius 2 is 2.17 bits per heavy atom. The number of hydrogen-bond acceptors (Lipinski definition) is 6. The molecule has 18 heavy (non-hydrogen) atoms. The number of nitrogens with zero attached hydrogens (tertiary/aromatic N) is 4. The van der Waals surface area contributed by atoms with Gasteiger partial charge in [0.2, 0.25) is 11.2 Å². The fourth-order valence-corrected chi connectivity index (χ4v) is 1.89. The van der Waals surface area contributed by atoms with Gasteiger partial charge in [-0.15, -0.1) is 0 Å². The maximum atomic E-state index is 5.90. The lowest BCUT2D eigenvalue weighted by Gasteiger charge is -2.33. The summed E-state index contributed by atoms with van der Waals surface area (Å²) in [6.07, 6.45) is -0.00145. The molecule has 0 spiro atoms. The summed E-state index contributed by atoms with van der Waals surface area (Å²) in [6.45, 7) is 7.93. The monoisotopic (exact) mass is 272 g/mol. The van der Waals surface area contributed by atoms with E-state index in [1.807, 2.05) is 18.7 Å². The lowest BCUT2D eigenvalue weighted by Crippen LogP contribution is -2.44. The average Bonchev–Trinajstić information content (AvgIpc) is 2.27. The van der Waals surface area contributed by atoms with Crippen molar-refractivity contribution in [3.63, 3.8) is 0 Å². The van der Waals surface area contributed by atoms with Crippen molar-refractivity contribution in [2.24, 2.45) is 0 Å². The molecule has 0 aliphatic carbocycles. The van der Waals surface area contributed by atoms with E-state index >= 15 is 0 Å². The molecular weight excluding hydrogens is 256 g/mol. The van der Waals surface area contributed by atoms with Crippen LogP contribution in [-0.4, -0.2) is 46.9 Å². The van der Waals surface area contributed by atoms with E-state index < -0.39 is 0 Å². The van der Waals surface area contributed by atoms with Gasteiger partial charge in [0.1, 0.15) is 0 Å². The van der Waals surface area contributed by atoms with Crippen molar-refractivity contribution in [2.75, 3.05) is 24.7 Å². The van der Waals surface area contributed by atoms with Gasteiger partial charge in [0.25, 0.3) is 0 Å². The largest absolute Gasteiger partial charge is 0.461 e. The third kappa shape index (κ3) is 3.20. The molecule has 2 rings (SSSR count). The zero-order valence-corrected chi connectivity index (χ0v) is 11.5. The molecule has 0 N–H and O–H groups in total. The van der Waals surface area contributed by atoms with Gasteiger partial charge in [0, 0.05) is 6.54 Å². The molecule has 0 saturated carbocycles. The Morgan fingerprint density at radius 3 is 2.83 bits per heavy atom. The Labute approximate surface area is 111 Å². The van der Waals surface area contributed by atoms with Gasteiger partial charge in [0.15, 0.2) is 0 Å². The number of aromatic nitrogens is 3. The molecule has 0 aromatic carbocycles. The van der Waals surface area contributed by atoms with Crippen LogP contribution in [0.4, 0.5) is 5.95 Å². The van der Waals surface area contributed by atoms with Crippen LogP contribution in [0.15, 0.2) is 0 Å². The first kappa shape index (κ1) is 13.3. The summed E-state index contributed by atoms with van der Waals surface area (Å²) in [5.41, 5.74) is 0. The molecule has 7 heteroatoms. The summed E-state index contributed by atoms with van der Waals surface area (Å²) in [6, 6.07) is 0.475. The maximum Gasteiger partial charge on any atom is 0.322 e. The summed E-state index contributed by atoms with van der Waals surface area (Å²) >= 11 is 5.90. The Kier molecular flexibility index (Phi) is 4.19. The summed E-state index contributed by atoms with van der Waals surface area (Å²) in [5, 5.41) is 0.148. The normalized spacial score (nSPS) is 20.3. The third-order valence-electron chi connectivity index (χ3n) is 2.54. The van der Waals surface area contributed by atoms with E-state index in [1.165, 1.54) is 0 Å². The number of hydrogen-bond donors (Lipinski definition) is 0.